The Morgan fingerprint density at radius 1 is 0.922 bits per heavy atom. The molecule has 5 rings (SSSR count). The molecule has 2 aromatic heterocycles. The van der Waals surface area contributed by atoms with Crippen LogP contribution in [-0.2, 0) is 31.3 Å². The van der Waals surface area contributed by atoms with Gasteiger partial charge in [-0.25, -0.2) is 0 Å². The molecule has 0 fully saturated rings. The third-order valence-electron chi connectivity index (χ3n) is 8.95. The van der Waals surface area contributed by atoms with Gasteiger partial charge in [0.05, 0.1) is 5.76 Å². The summed E-state index contributed by atoms with van der Waals surface area (Å²) in [4.78, 5) is 16.4. The van der Waals surface area contributed by atoms with Gasteiger partial charge in [0, 0.05) is 75.0 Å². The molecular formula is C42H49F3IrNO2S2-. The Morgan fingerprint density at radius 3 is 2.12 bits per heavy atom. The van der Waals surface area contributed by atoms with Crippen molar-refractivity contribution in [3.05, 3.63) is 83.3 Å². The van der Waals surface area contributed by atoms with Gasteiger partial charge in [-0.3, -0.25) is 4.79 Å². The summed E-state index contributed by atoms with van der Waals surface area (Å²) in [5, 5.41) is 13.4. The van der Waals surface area contributed by atoms with E-state index < -0.39 is 5.51 Å². The number of carbonyl (C=O) groups is 1. The molecule has 0 aliphatic carbocycles. The Kier molecular flexibility index (Phi) is 15.0. The molecule has 1 radical (unpaired) electrons. The van der Waals surface area contributed by atoms with Crippen LogP contribution in [0, 0.1) is 37.2 Å². The van der Waals surface area contributed by atoms with Crippen LogP contribution in [0.5, 0.6) is 0 Å². The molecule has 0 bridgehead atoms. The van der Waals surface area contributed by atoms with E-state index in [1.807, 2.05) is 65.8 Å². The zero-order chi connectivity index (χ0) is 37.0. The summed E-state index contributed by atoms with van der Waals surface area (Å²) in [7, 11) is 0. The zero-order valence-electron chi connectivity index (χ0n) is 31.0. The van der Waals surface area contributed by atoms with E-state index in [-0.39, 0.29) is 65.6 Å². The molecule has 277 valence electrons. The van der Waals surface area contributed by atoms with Crippen molar-refractivity contribution in [2.75, 3.05) is 0 Å². The van der Waals surface area contributed by atoms with E-state index in [1.54, 1.807) is 0 Å². The molecule has 0 atom stereocenters. The SMILES string of the molecule is CCC(CC)C(=O)/C=C(\O)C(CC)CC.Cc1[c-]c(-c2ncc(SC(F)(F)F)c3c2sc2c4ccc(CC(C)(C)C)cc4ccc23)cc(C)c1.[Ir]. The van der Waals surface area contributed by atoms with E-state index in [4.69, 9.17) is 0 Å². The molecule has 5 aromatic rings. The van der Waals surface area contributed by atoms with Crippen molar-refractivity contribution in [1.82, 2.24) is 4.98 Å². The normalized spacial score (nSPS) is 12.5. The summed E-state index contributed by atoms with van der Waals surface area (Å²) in [5.41, 5.74) is 0.555. The van der Waals surface area contributed by atoms with E-state index >= 15 is 0 Å². The number of hydrogen-bond acceptors (Lipinski definition) is 5. The van der Waals surface area contributed by atoms with Crippen molar-refractivity contribution in [2.45, 2.75) is 105 Å². The Labute approximate surface area is 322 Å². The number of benzene rings is 3. The van der Waals surface area contributed by atoms with Gasteiger partial charge in [-0.15, -0.1) is 46.2 Å². The van der Waals surface area contributed by atoms with Crippen LogP contribution in [0.4, 0.5) is 13.2 Å². The number of ketones is 1. The van der Waals surface area contributed by atoms with Crippen LogP contribution in [0.15, 0.2) is 65.4 Å². The summed E-state index contributed by atoms with van der Waals surface area (Å²) < 4.78 is 42.2. The van der Waals surface area contributed by atoms with Crippen LogP contribution in [0.1, 0.15) is 90.8 Å². The Bertz CT molecular complexity index is 1980. The summed E-state index contributed by atoms with van der Waals surface area (Å²) in [6.07, 6.45) is 7.23. The van der Waals surface area contributed by atoms with E-state index in [0.717, 1.165) is 74.4 Å². The fourth-order valence-corrected chi connectivity index (χ4v) is 8.60. The van der Waals surface area contributed by atoms with Gasteiger partial charge < -0.3 is 10.1 Å². The number of hydrogen-bond donors (Lipinski definition) is 1. The number of aliphatic hydroxyl groups is 1. The van der Waals surface area contributed by atoms with E-state index in [0.29, 0.717) is 11.1 Å². The molecule has 9 heteroatoms. The topological polar surface area (TPSA) is 50.2 Å². The number of aryl methyl sites for hydroxylation is 2. The molecule has 0 spiro atoms. The van der Waals surface area contributed by atoms with Crippen LogP contribution in [0.2, 0.25) is 0 Å². The van der Waals surface area contributed by atoms with Gasteiger partial charge in [0.1, 0.15) is 0 Å². The molecule has 0 saturated carbocycles. The number of allylic oxidation sites excluding steroid dienone is 2. The van der Waals surface area contributed by atoms with Crippen LogP contribution in [0.3, 0.4) is 0 Å². The quantitative estimate of drug-likeness (QED) is 0.0656. The Hall–Kier alpha value is -2.71. The van der Waals surface area contributed by atoms with Crippen molar-refractivity contribution in [2.24, 2.45) is 17.3 Å². The van der Waals surface area contributed by atoms with Gasteiger partial charge in [0.2, 0.25) is 0 Å². The molecule has 0 aliphatic rings. The first-order valence-electron chi connectivity index (χ1n) is 17.5. The van der Waals surface area contributed by atoms with Gasteiger partial charge in [-0.2, -0.15) is 13.2 Å². The van der Waals surface area contributed by atoms with Gasteiger partial charge >= 0.3 is 5.51 Å². The van der Waals surface area contributed by atoms with E-state index in [9.17, 15) is 23.1 Å². The summed E-state index contributed by atoms with van der Waals surface area (Å²) >= 11 is 1.43. The molecule has 0 unspecified atom stereocenters. The minimum atomic E-state index is -4.39. The molecule has 2 heterocycles. The van der Waals surface area contributed by atoms with Crippen molar-refractivity contribution in [3.63, 3.8) is 0 Å². The number of fused-ring (bicyclic) bond motifs is 5. The molecule has 1 N–H and O–H groups in total. The maximum absolute atomic E-state index is 13.5. The minimum Gasteiger partial charge on any atom is -0.512 e. The fourth-order valence-electron chi connectivity index (χ4n) is 6.51. The summed E-state index contributed by atoms with van der Waals surface area (Å²) in [6.45, 7) is 18.7. The number of nitrogens with zero attached hydrogens (tertiary/aromatic N) is 1. The predicted molar refractivity (Wildman–Crippen MR) is 207 cm³/mol. The second kappa shape index (κ2) is 17.9. The van der Waals surface area contributed by atoms with Crippen molar-refractivity contribution in [1.29, 1.82) is 0 Å². The molecule has 51 heavy (non-hydrogen) atoms. The monoisotopic (exact) mass is 913 g/mol. The van der Waals surface area contributed by atoms with E-state index in [2.05, 4.69) is 50.0 Å². The van der Waals surface area contributed by atoms with Crippen LogP contribution in [0.25, 0.3) is 42.2 Å². The van der Waals surface area contributed by atoms with Gasteiger partial charge in [-0.1, -0.05) is 92.6 Å². The fraction of sp³-hybridized carbons (Fsp3) is 0.429. The van der Waals surface area contributed by atoms with Crippen molar-refractivity contribution >= 4 is 59.8 Å². The minimum absolute atomic E-state index is 0. The van der Waals surface area contributed by atoms with Gasteiger partial charge in [0.15, 0.2) is 5.78 Å². The third-order valence-corrected chi connectivity index (χ3v) is 11.0. The second-order valence-corrected chi connectivity index (χ2v) is 16.4. The first-order valence-corrected chi connectivity index (χ1v) is 19.1. The van der Waals surface area contributed by atoms with Crippen molar-refractivity contribution in [3.8, 4) is 11.3 Å². The average molecular weight is 913 g/mol. The molecule has 3 aromatic carbocycles. The molecule has 0 saturated heterocycles. The smallest absolute Gasteiger partial charge is 0.446 e. The zero-order valence-corrected chi connectivity index (χ0v) is 35.0. The number of carbonyl (C=O) groups excluding carboxylic acids is 1. The van der Waals surface area contributed by atoms with E-state index in [1.165, 1.54) is 29.2 Å². The van der Waals surface area contributed by atoms with Gasteiger partial charge in [0.25, 0.3) is 0 Å². The molecule has 0 amide bonds. The van der Waals surface area contributed by atoms with Crippen LogP contribution >= 0.6 is 23.1 Å². The maximum Gasteiger partial charge on any atom is 0.446 e. The summed E-state index contributed by atoms with van der Waals surface area (Å²) in [5.74, 6) is 0.547. The molecular weight excluding hydrogens is 864 g/mol. The first-order chi connectivity index (χ1) is 23.5. The number of pyridine rings is 1. The third kappa shape index (κ3) is 10.9. The number of halogens is 3. The number of aliphatic hydroxyl groups excluding tert-OH is 1. The van der Waals surface area contributed by atoms with Gasteiger partial charge in [-0.05, 0) is 65.6 Å². The first kappa shape index (κ1) is 42.7. The number of aromatic nitrogens is 1. The largest absolute Gasteiger partial charge is 0.512 e. The second-order valence-electron chi connectivity index (χ2n) is 14.3. The number of thiophene rings is 1. The van der Waals surface area contributed by atoms with Crippen LogP contribution in [-0.4, -0.2) is 21.4 Å². The predicted octanol–water partition coefficient (Wildman–Crippen LogP) is 13.8. The maximum atomic E-state index is 13.5. The Morgan fingerprint density at radius 2 is 1.55 bits per heavy atom. The standard InChI is InChI=1S/C29H25F3NS2.C13H24O2.Ir/c1-16-10-17(2)12-20(11-16)25-27-24(23(15-33-25)35-29(30,31)32)22-9-7-19-13-18(14-28(3,4)5)6-8-21(19)26(22)34-27;1-5-10(6-2)12(14)9-13(15)11(7-3)8-4;/h6-11,13,15H,14H2,1-5H3;9-11,14H,5-8H2,1-4H3;/q-1;;/b;12-9-;. The summed E-state index contributed by atoms with van der Waals surface area (Å²) in [6, 6.07) is 17.8. The average Bonchev–Trinajstić information content (AvgIpc) is 3.41. The van der Waals surface area contributed by atoms with Crippen LogP contribution < -0.4 is 0 Å². The molecule has 0 aliphatic heterocycles. The Balaban J connectivity index is 0.000000374. The number of rotatable bonds is 10. The molecule has 3 nitrogen and oxygen atoms in total. The van der Waals surface area contributed by atoms with Crippen molar-refractivity contribution < 1.29 is 43.2 Å². The number of thioether (sulfide) groups is 1. The number of alkyl halides is 3.